The lowest BCUT2D eigenvalue weighted by Gasteiger charge is -2.22. The van der Waals surface area contributed by atoms with Crippen molar-refractivity contribution in [1.82, 2.24) is 10.3 Å². The van der Waals surface area contributed by atoms with E-state index in [0.717, 1.165) is 12.0 Å². The van der Waals surface area contributed by atoms with Crippen LogP contribution in [0.15, 0.2) is 36.5 Å². The molecule has 1 N–H and O–H groups in total. The standard InChI is InChI=1S/C21H25N3O3/c1-14(2)8-11-22-19(25)9-12-24-17-13-15(3)6-7-18(17)27-20-16(21(24)26)5-4-10-23-20/h4-7,10,13-14H,8-9,11-12H2,1-3H3,(H,22,25). The van der Waals surface area contributed by atoms with Gasteiger partial charge in [0.25, 0.3) is 5.91 Å². The van der Waals surface area contributed by atoms with Gasteiger partial charge >= 0.3 is 0 Å². The molecule has 2 heterocycles. The predicted octanol–water partition coefficient (Wildman–Crippen LogP) is 3.69. The Morgan fingerprint density at radius 3 is 2.89 bits per heavy atom. The maximum absolute atomic E-state index is 13.1. The van der Waals surface area contributed by atoms with E-state index in [1.807, 2.05) is 25.1 Å². The maximum Gasteiger partial charge on any atom is 0.263 e. The number of amides is 2. The average molecular weight is 367 g/mol. The first kappa shape index (κ1) is 18.9. The van der Waals surface area contributed by atoms with Crippen LogP contribution in [0.1, 0.15) is 42.6 Å². The van der Waals surface area contributed by atoms with Crippen LogP contribution >= 0.6 is 0 Å². The van der Waals surface area contributed by atoms with E-state index in [4.69, 9.17) is 4.74 Å². The molecule has 3 rings (SSSR count). The second kappa shape index (κ2) is 8.20. The van der Waals surface area contributed by atoms with Crippen LogP contribution in [-0.2, 0) is 4.79 Å². The summed E-state index contributed by atoms with van der Waals surface area (Å²) in [5.41, 5.74) is 2.06. The third kappa shape index (κ3) is 4.45. The summed E-state index contributed by atoms with van der Waals surface area (Å²) in [5, 5.41) is 2.92. The topological polar surface area (TPSA) is 71.5 Å². The molecular formula is C21H25N3O3. The van der Waals surface area contributed by atoms with Crippen molar-refractivity contribution >= 4 is 17.5 Å². The van der Waals surface area contributed by atoms with Gasteiger partial charge in [-0.05, 0) is 49.1 Å². The number of ether oxygens (including phenoxy) is 1. The van der Waals surface area contributed by atoms with Crippen LogP contribution in [0.2, 0.25) is 0 Å². The molecule has 6 nitrogen and oxygen atoms in total. The molecule has 1 aliphatic heterocycles. The fourth-order valence-corrected chi connectivity index (χ4v) is 2.94. The monoisotopic (exact) mass is 367 g/mol. The van der Waals surface area contributed by atoms with Crippen LogP contribution in [0.25, 0.3) is 0 Å². The number of aromatic nitrogens is 1. The zero-order valence-corrected chi connectivity index (χ0v) is 16.0. The number of hydrogen-bond acceptors (Lipinski definition) is 4. The Balaban J connectivity index is 1.81. The van der Waals surface area contributed by atoms with Crippen LogP contribution in [-0.4, -0.2) is 29.9 Å². The third-order valence-electron chi connectivity index (χ3n) is 4.46. The number of nitrogens with zero attached hydrogens (tertiary/aromatic N) is 2. The fourth-order valence-electron chi connectivity index (χ4n) is 2.94. The molecule has 1 aliphatic rings. The first-order valence-electron chi connectivity index (χ1n) is 9.28. The molecule has 0 fully saturated rings. The molecule has 2 amide bonds. The highest BCUT2D eigenvalue weighted by Crippen LogP contribution is 2.38. The second-order valence-electron chi connectivity index (χ2n) is 7.17. The van der Waals surface area contributed by atoms with Crippen molar-refractivity contribution in [1.29, 1.82) is 0 Å². The summed E-state index contributed by atoms with van der Waals surface area (Å²) < 4.78 is 5.88. The molecular weight excluding hydrogens is 342 g/mol. The van der Waals surface area contributed by atoms with E-state index in [2.05, 4.69) is 24.1 Å². The summed E-state index contributed by atoms with van der Waals surface area (Å²) in [5.74, 6) is 1.11. The van der Waals surface area contributed by atoms with Crippen molar-refractivity contribution in [2.45, 2.75) is 33.6 Å². The molecule has 0 unspecified atom stereocenters. The lowest BCUT2D eigenvalue weighted by molar-refractivity contribution is -0.120. The molecule has 0 aliphatic carbocycles. The summed E-state index contributed by atoms with van der Waals surface area (Å²) >= 11 is 0. The van der Waals surface area contributed by atoms with Crippen molar-refractivity contribution in [2.24, 2.45) is 5.92 Å². The number of nitrogens with one attached hydrogen (secondary N) is 1. The van der Waals surface area contributed by atoms with E-state index in [9.17, 15) is 9.59 Å². The van der Waals surface area contributed by atoms with E-state index < -0.39 is 0 Å². The number of anilines is 1. The van der Waals surface area contributed by atoms with Gasteiger partial charge in [0.15, 0.2) is 5.75 Å². The predicted molar refractivity (Wildman–Crippen MR) is 104 cm³/mol. The van der Waals surface area contributed by atoms with Gasteiger partial charge in [0.1, 0.15) is 5.56 Å². The van der Waals surface area contributed by atoms with Crippen molar-refractivity contribution in [2.75, 3.05) is 18.0 Å². The van der Waals surface area contributed by atoms with Gasteiger partial charge in [-0.3, -0.25) is 9.59 Å². The van der Waals surface area contributed by atoms with Crippen LogP contribution in [0.5, 0.6) is 11.6 Å². The number of rotatable bonds is 6. The first-order valence-corrected chi connectivity index (χ1v) is 9.28. The SMILES string of the molecule is Cc1ccc2c(c1)N(CCC(=O)NCCC(C)C)C(=O)c1cccnc1O2. The lowest BCUT2D eigenvalue weighted by atomic mass is 10.1. The van der Waals surface area contributed by atoms with Gasteiger partial charge in [0.05, 0.1) is 5.69 Å². The summed E-state index contributed by atoms with van der Waals surface area (Å²) in [4.78, 5) is 31.1. The van der Waals surface area contributed by atoms with E-state index >= 15 is 0 Å². The van der Waals surface area contributed by atoms with Gasteiger partial charge in [-0.2, -0.15) is 0 Å². The van der Waals surface area contributed by atoms with Crippen molar-refractivity contribution < 1.29 is 14.3 Å². The second-order valence-corrected chi connectivity index (χ2v) is 7.17. The molecule has 1 aromatic carbocycles. The van der Waals surface area contributed by atoms with E-state index in [1.165, 1.54) is 0 Å². The molecule has 142 valence electrons. The molecule has 0 atom stereocenters. The zero-order chi connectivity index (χ0) is 19.4. The Morgan fingerprint density at radius 1 is 1.30 bits per heavy atom. The third-order valence-corrected chi connectivity index (χ3v) is 4.46. The minimum atomic E-state index is -0.211. The summed E-state index contributed by atoms with van der Waals surface area (Å²) in [6.45, 7) is 7.12. The van der Waals surface area contributed by atoms with E-state index in [-0.39, 0.29) is 30.7 Å². The van der Waals surface area contributed by atoms with Gasteiger partial charge in [-0.1, -0.05) is 19.9 Å². The zero-order valence-electron chi connectivity index (χ0n) is 16.0. The number of pyridine rings is 1. The van der Waals surface area contributed by atoms with Gasteiger partial charge in [0, 0.05) is 25.7 Å². The van der Waals surface area contributed by atoms with Crippen LogP contribution in [0.4, 0.5) is 5.69 Å². The van der Waals surface area contributed by atoms with Crippen molar-refractivity contribution in [3.8, 4) is 11.6 Å². The largest absolute Gasteiger partial charge is 0.436 e. The highest BCUT2D eigenvalue weighted by Gasteiger charge is 2.29. The molecule has 6 heteroatoms. The van der Waals surface area contributed by atoms with Crippen LogP contribution in [0, 0.1) is 12.8 Å². The number of benzene rings is 1. The van der Waals surface area contributed by atoms with Crippen LogP contribution < -0.4 is 15.0 Å². The lowest BCUT2D eigenvalue weighted by Crippen LogP contribution is -2.35. The maximum atomic E-state index is 13.1. The summed E-state index contributed by atoms with van der Waals surface area (Å²) in [7, 11) is 0. The highest BCUT2D eigenvalue weighted by molar-refractivity contribution is 6.09. The molecule has 0 saturated heterocycles. The Labute approximate surface area is 159 Å². The molecule has 2 aromatic rings. The number of fused-ring (bicyclic) bond motifs is 2. The molecule has 0 radical (unpaired) electrons. The van der Waals surface area contributed by atoms with Crippen molar-refractivity contribution in [3.63, 3.8) is 0 Å². The minimum absolute atomic E-state index is 0.0609. The normalized spacial score (nSPS) is 12.9. The Hall–Kier alpha value is -2.89. The number of hydrogen-bond donors (Lipinski definition) is 1. The molecule has 27 heavy (non-hydrogen) atoms. The number of carbonyl (C=O) groups is 2. The molecule has 0 bridgehead atoms. The van der Waals surface area contributed by atoms with Gasteiger partial charge in [-0.25, -0.2) is 4.98 Å². The Bertz CT molecular complexity index is 848. The van der Waals surface area contributed by atoms with Crippen molar-refractivity contribution in [3.05, 3.63) is 47.7 Å². The van der Waals surface area contributed by atoms with Gasteiger partial charge in [0.2, 0.25) is 11.8 Å². The molecule has 0 spiro atoms. The van der Waals surface area contributed by atoms with Gasteiger partial charge in [-0.15, -0.1) is 0 Å². The Kier molecular flexibility index (Phi) is 5.74. The van der Waals surface area contributed by atoms with E-state index in [1.54, 1.807) is 23.2 Å². The fraction of sp³-hybridized carbons (Fsp3) is 0.381. The smallest absolute Gasteiger partial charge is 0.263 e. The number of carbonyl (C=O) groups excluding carboxylic acids is 2. The molecule has 0 saturated carbocycles. The molecule has 1 aromatic heterocycles. The minimum Gasteiger partial charge on any atom is -0.436 e. The Morgan fingerprint density at radius 2 is 2.11 bits per heavy atom. The summed E-state index contributed by atoms with van der Waals surface area (Å²) in [6.07, 6.45) is 2.76. The highest BCUT2D eigenvalue weighted by atomic mass is 16.5. The van der Waals surface area contributed by atoms with Crippen LogP contribution in [0.3, 0.4) is 0 Å². The van der Waals surface area contributed by atoms with E-state index in [0.29, 0.717) is 29.5 Å². The first-order chi connectivity index (χ1) is 13.0. The number of aryl methyl sites for hydroxylation is 1. The van der Waals surface area contributed by atoms with Gasteiger partial charge < -0.3 is 15.0 Å². The quantitative estimate of drug-likeness (QED) is 0.845. The average Bonchev–Trinajstić information content (AvgIpc) is 2.74. The summed E-state index contributed by atoms with van der Waals surface area (Å²) in [6, 6.07) is 9.05.